The van der Waals surface area contributed by atoms with Crippen LogP contribution in [0.2, 0.25) is 0 Å². The summed E-state index contributed by atoms with van der Waals surface area (Å²) in [6, 6.07) is 4.72. The third-order valence-corrected chi connectivity index (χ3v) is 3.35. The van der Waals surface area contributed by atoms with Crippen LogP contribution in [0.5, 0.6) is 0 Å². The maximum absolute atomic E-state index is 11.5. The van der Waals surface area contributed by atoms with Crippen LogP contribution < -0.4 is 10.0 Å². The number of esters is 1. The number of benzene rings is 1. The van der Waals surface area contributed by atoms with Gasteiger partial charge in [-0.2, -0.15) is 0 Å². The van der Waals surface area contributed by atoms with Gasteiger partial charge >= 0.3 is 5.97 Å². The molecule has 112 valence electrons. The van der Waals surface area contributed by atoms with Gasteiger partial charge in [0.05, 0.1) is 19.1 Å². The van der Waals surface area contributed by atoms with Gasteiger partial charge in [-0.3, -0.25) is 4.72 Å². The number of hydrogen-bond donors (Lipinski definition) is 2. The lowest BCUT2D eigenvalue weighted by Crippen LogP contribution is -2.29. The Morgan fingerprint density at radius 1 is 1.40 bits per heavy atom. The molecule has 1 rings (SSSR count). The number of anilines is 2. The highest BCUT2D eigenvalue weighted by atomic mass is 32.2. The molecule has 0 saturated carbocycles. The number of methoxy groups -OCH3 is 1. The van der Waals surface area contributed by atoms with Crippen molar-refractivity contribution in [2.75, 3.05) is 23.4 Å². The largest absolute Gasteiger partial charge is 0.467 e. The predicted octanol–water partition coefficient (Wildman–Crippen LogP) is 1.73. The first kappa shape index (κ1) is 16.3. The van der Waals surface area contributed by atoms with E-state index in [-0.39, 0.29) is 5.97 Å². The summed E-state index contributed by atoms with van der Waals surface area (Å²) >= 11 is 0. The number of aryl methyl sites for hydroxylation is 1. The lowest BCUT2D eigenvalue weighted by Gasteiger charge is -2.17. The first-order chi connectivity index (χ1) is 9.26. The van der Waals surface area contributed by atoms with Gasteiger partial charge in [0.25, 0.3) is 0 Å². The molecule has 0 fully saturated rings. The molecule has 0 aliphatic rings. The van der Waals surface area contributed by atoms with Gasteiger partial charge in [0.2, 0.25) is 10.0 Å². The Balaban J connectivity index is 2.89. The van der Waals surface area contributed by atoms with Gasteiger partial charge in [-0.1, -0.05) is 6.92 Å². The van der Waals surface area contributed by atoms with Crippen LogP contribution in [0.15, 0.2) is 18.2 Å². The van der Waals surface area contributed by atoms with Gasteiger partial charge in [0.15, 0.2) is 0 Å². The van der Waals surface area contributed by atoms with Gasteiger partial charge in [-0.15, -0.1) is 0 Å². The minimum Gasteiger partial charge on any atom is -0.467 e. The number of sulfonamides is 1. The van der Waals surface area contributed by atoms with Crippen molar-refractivity contribution in [3.05, 3.63) is 23.8 Å². The molecule has 20 heavy (non-hydrogen) atoms. The monoisotopic (exact) mass is 300 g/mol. The minimum absolute atomic E-state index is 0.330. The van der Waals surface area contributed by atoms with Crippen LogP contribution in [0.4, 0.5) is 11.4 Å². The topological polar surface area (TPSA) is 84.5 Å². The quantitative estimate of drug-likeness (QED) is 0.782. The molecule has 6 nitrogen and oxygen atoms in total. The Morgan fingerprint density at radius 3 is 2.50 bits per heavy atom. The Labute approximate surface area is 119 Å². The fourth-order valence-electron chi connectivity index (χ4n) is 1.74. The first-order valence-electron chi connectivity index (χ1n) is 6.19. The molecule has 0 heterocycles. The molecule has 0 aliphatic heterocycles. The number of nitrogens with one attached hydrogen (secondary N) is 2. The molecular formula is C13H20N2O4S. The summed E-state index contributed by atoms with van der Waals surface area (Å²) in [7, 11) is -1.96. The van der Waals surface area contributed by atoms with Gasteiger partial charge in [0.1, 0.15) is 6.04 Å². The van der Waals surface area contributed by atoms with E-state index in [0.717, 1.165) is 17.5 Å². The van der Waals surface area contributed by atoms with Crippen LogP contribution in [0, 0.1) is 6.92 Å². The van der Waals surface area contributed by atoms with Crippen molar-refractivity contribution in [1.82, 2.24) is 0 Å². The molecule has 1 aromatic rings. The zero-order valence-corrected chi connectivity index (χ0v) is 12.9. The number of carbonyl (C=O) groups excluding carboxylic acids is 1. The van der Waals surface area contributed by atoms with Crippen LogP contribution in [0.25, 0.3) is 0 Å². The average molecular weight is 300 g/mol. The lowest BCUT2D eigenvalue weighted by atomic mass is 10.1. The normalized spacial score (nSPS) is 12.6. The van der Waals surface area contributed by atoms with E-state index in [1.165, 1.54) is 7.11 Å². The predicted molar refractivity (Wildman–Crippen MR) is 79.4 cm³/mol. The van der Waals surface area contributed by atoms with Crippen molar-refractivity contribution in [1.29, 1.82) is 0 Å². The summed E-state index contributed by atoms with van der Waals surface area (Å²) < 4.78 is 29.5. The van der Waals surface area contributed by atoms with Gasteiger partial charge in [-0.05, 0) is 37.1 Å². The molecule has 1 unspecified atom stereocenters. The minimum atomic E-state index is -3.30. The fraction of sp³-hybridized carbons (Fsp3) is 0.462. The van der Waals surface area contributed by atoms with Crippen molar-refractivity contribution in [3.8, 4) is 0 Å². The zero-order valence-electron chi connectivity index (χ0n) is 12.1. The van der Waals surface area contributed by atoms with Crippen molar-refractivity contribution >= 4 is 27.4 Å². The third-order valence-electron chi connectivity index (χ3n) is 2.76. The SMILES string of the molecule is CCC(Nc1ccc(NS(C)(=O)=O)c(C)c1)C(=O)OC. The van der Waals surface area contributed by atoms with E-state index in [1.807, 2.05) is 6.92 Å². The summed E-state index contributed by atoms with van der Waals surface area (Å²) in [5, 5.41) is 3.06. The highest BCUT2D eigenvalue weighted by molar-refractivity contribution is 7.92. The highest BCUT2D eigenvalue weighted by Crippen LogP contribution is 2.21. The van der Waals surface area contributed by atoms with Gasteiger partial charge < -0.3 is 10.1 Å². The van der Waals surface area contributed by atoms with E-state index in [4.69, 9.17) is 4.74 Å². The van der Waals surface area contributed by atoms with E-state index >= 15 is 0 Å². The summed E-state index contributed by atoms with van der Waals surface area (Å²) in [4.78, 5) is 11.5. The molecule has 2 N–H and O–H groups in total. The molecule has 7 heteroatoms. The molecule has 0 bridgehead atoms. The van der Waals surface area contributed by atoms with Crippen molar-refractivity contribution < 1.29 is 17.9 Å². The van der Waals surface area contributed by atoms with Gasteiger partial charge in [-0.25, -0.2) is 13.2 Å². The van der Waals surface area contributed by atoms with Crippen LogP contribution in [0.1, 0.15) is 18.9 Å². The second-order valence-corrected chi connectivity index (χ2v) is 6.28. The second-order valence-electron chi connectivity index (χ2n) is 4.53. The van der Waals surface area contributed by atoms with E-state index in [1.54, 1.807) is 25.1 Å². The maximum Gasteiger partial charge on any atom is 0.328 e. The molecule has 1 aromatic carbocycles. The fourth-order valence-corrected chi connectivity index (χ4v) is 2.37. The first-order valence-corrected chi connectivity index (χ1v) is 8.08. The highest BCUT2D eigenvalue weighted by Gasteiger charge is 2.16. The van der Waals surface area contributed by atoms with Crippen LogP contribution in [-0.4, -0.2) is 33.8 Å². The van der Waals surface area contributed by atoms with Crippen LogP contribution in [0.3, 0.4) is 0 Å². The second kappa shape index (κ2) is 6.60. The standard InChI is InChI=1S/C13H20N2O4S/c1-5-11(13(16)19-3)14-10-6-7-12(9(2)8-10)15-20(4,17)18/h6-8,11,14-15H,5H2,1-4H3. The van der Waals surface area contributed by atoms with Crippen molar-refractivity contribution in [2.24, 2.45) is 0 Å². The molecule has 0 aromatic heterocycles. The molecular weight excluding hydrogens is 280 g/mol. The summed E-state index contributed by atoms with van der Waals surface area (Å²) in [6.45, 7) is 3.67. The van der Waals surface area contributed by atoms with Crippen LogP contribution >= 0.6 is 0 Å². The smallest absolute Gasteiger partial charge is 0.328 e. The Kier molecular flexibility index (Phi) is 5.38. The van der Waals surface area contributed by atoms with Crippen molar-refractivity contribution in [3.63, 3.8) is 0 Å². The summed E-state index contributed by atoms with van der Waals surface area (Å²) in [5.74, 6) is -0.330. The number of rotatable bonds is 6. The van der Waals surface area contributed by atoms with E-state index < -0.39 is 16.1 Å². The lowest BCUT2D eigenvalue weighted by molar-refractivity contribution is -0.141. The van der Waals surface area contributed by atoms with Crippen LogP contribution in [-0.2, 0) is 19.6 Å². The molecule has 0 radical (unpaired) electrons. The van der Waals surface area contributed by atoms with E-state index in [0.29, 0.717) is 12.1 Å². The summed E-state index contributed by atoms with van der Waals surface area (Å²) in [5.41, 5.74) is 2.02. The van der Waals surface area contributed by atoms with E-state index in [9.17, 15) is 13.2 Å². The Bertz CT molecular complexity index is 584. The molecule has 0 aliphatic carbocycles. The Hall–Kier alpha value is -1.76. The van der Waals surface area contributed by atoms with Gasteiger partial charge in [0, 0.05) is 5.69 Å². The van der Waals surface area contributed by atoms with Crippen molar-refractivity contribution in [2.45, 2.75) is 26.3 Å². The number of ether oxygens (including phenoxy) is 1. The zero-order chi connectivity index (χ0) is 15.3. The molecule has 1 atom stereocenters. The van der Waals surface area contributed by atoms with E-state index in [2.05, 4.69) is 10.0 Å². The number of carbonyl (C=O) groups is 1. The third kappa shape index (κ3) is 4.73. The Morgan fingerprint density at radius 2 is 2.05 bits per heavy atom. The molecule has 0 saturated heterocycles. The molecule has 0 spiro atoms. The summed E-state index contributed by atoms with van der Waals surface area (Å²) in [6.07, 6.45) is 1.69. The maximum atomic E-state index is 11.5. The molecule has 0 amide bonds. The number of hydrogen-bond acceptors (Lipinski definition) is 5. The average Bonchev–Trinajstić information content (AvgIpc) is 2.36.